The molecule has 2 heterocycles. The van der Waals surface area contributed by atoms with E-state index < -0.39 is 15.8 Å². The first-order valence-corrected chi connectivity index (χ1v) is 15.5. The Kier molecular flexibility index (Phi) is 8.92. The summed E-state index contributed by atoms with van der Waals surface area (Å²) in [6.45, 7) is 3.97. The number of fused-ring (bicyclic) bond motifs is 1. The van der Waals surface area contributed by atoms with E-state index in [0.717, 1.165) is 5.56 Å². The average molecular weight is 609 g/mol. The number of sulfonamides is 1. The van der Waals surface area contributed by atoms with Crippen LogP contribution in [0.4, 0.5) is 26.4 Å². The summed E-state index contributed by atoms with van der Waals surface area (Å²) in [6, 6.07) is 14.9. The molecule has 0 spiro atoms. The summed E-state index contributed by atoms with van der Waals surface area (Å²) >= 11 is 0. The van der Waals surface area contributed by atoms with Crippen molar-refractivity contribution in [1.29, 1.82) is 0 Å². The SMILES string of the molecule is CCCS(=O)(=O)Nc1cccc(-c2cc(OC)c3nc(-c4ccc(NC(=O)NC)cc4)nc(N4CCOCC4)c3c2)c1F. The molecule has 1 aliphatic rings. The number of hydrogen-bond acceptors (Lipinski definition) is 8. The standard InChI is InChI=1S/C30H33FN6O5S/c1-4-16-43(39,40)36-24-7-5-6-22(26(24)31)20-17-23-27(25(18-20)41-3)34-28(35-29(23)37-12-14-42-15-13-37)19-8-10-21(11-9-19)33-30(38)32-2/h5-11,17-18,36H,4,12-16H2,1-3H3,(H2,32,33,38). The quantitative estimate of drug-likeness (QED) is 0.246. The highest BCUT2D eigenvalue weighted by Gasteiger charge is 2.23. The number of morpholine rings is 1. The van der Waals surface area contributed by atoms with E-state index in [0.29, 0.717) is 72.3 Å². The summed E-state index contributed by atoms with van der Waals surface area (Å²) in [4.78, 5) is 23.6. The average Bonchev–Trinajstić information content (AvgIpc) is 3.01. The first-order chi connectivity index (χ1) is 20.7. The molecule has 2 amide bonds. The molecule has 1 saturated heterocycles. The van der Waals surface area contributed by atoms with Crippen LogP contribution in [0.1, 0.15) is 13.3 Å². The number of carbonyl (C=O) groups is 1. The second kappa shape index (κ2) is 12.8. The van der Waals surface area contributed by atoms with E-state index in [1.807, 2.05) is 12.1 Å². The molecule has 5 rings (SSSR count). The van der Waals surface area contributed by atoms with Crippen LogP contribution in [0, 0.1) is 5.82 Å². The van der Waals surface area contributed by atoms with Crippen molar-refractivity contribution in [3.8, 4) is 28.3 Å². The fourth-order valence-corrected chi connectivity index (χ4v) is 5.99. The zero-order valence-corrected chi connectivity index (χ0v) is 24.9. The van der Waals surface area contributed by atoms with Crippen molar-refractivity contribution in [2.45, 2.75) is 13.3 Å². The highest BCUT2D eigenvalue weighted by molar-refractivity contribution is 7.92. The van der Waals surface area contributed by atoms with Gasteiger partial charge in [-0.2, -0.15) is 0 Å². The van der Waals surface area contributed by atoms with Gasteiger partial charge in [0, 0.05) is 42.3 Å². The van der Waals surface area contributed by atoms with Crippen LogP contribution in [0.25, 0.3) is 33.4 Å². The Morgan fingerprint density at radius 1 is 1.07 bits per heavy atom. The van der Waals surface area contributed by atoms with Crippen LogP contribution in [-0.4, -0.2) is 70.6 Å². The number of benzene rings is 3. The molecular formula is C30H33FN6O5S. The molecule has 0 aliphatic carbocycles. The van der Waals surface area contributed by atoms with E-state index >= 15 is 4.39 Å². The number of hydrogen-bond donors (Lipinski definition) is 3. The molecule has 1 aromatic heterocycles. The molecule has 0 unspecified atom stereocenters. The molecular weight excluding hydrogens is 575 g/mol. The van der Waals surface area contributed by atoms with Gasteiger partial charge in [0.2, 0.25) is 10.0 Å². The fourth-order valence-electron chi connectivity index (χ4n) is 4.86. The Morgan fingerprint density at radius 3 is 2.49 bits per heavy atom. The maximum atomic E-state index is 15.8. The number of amides is 2. The van der Waals surface area contributed by atoms with Gasteiger partial charge in [-0.05, 0) is 54.4 Å². The molecule has 4 aromatic rings. The highest BCUT2D eigenvalue weighted by Crippen LogP contribution is 2.39. The second-order valence-corrected chi connectivity index (χ2v) is 11.8. The largest absolute Gasteiger partial charge is 0.494 e. The number of anilines is 3. The van der Waals surface area contributed by atoms with Gasteiger partial charge in [0.15, 0.2) is 11.6 Å². The van der Waals surface area contributed by atoms with Gasteiger partial charge in [-0.3, -0.25) is 4.72 Å². The molecule has 11 nitrogen and oxygen atoms in total. The zero-order valence-electron chi connectivity index (χ0n) is 24.1. The van der Waals surface area contributed by atoms with E-state index in [4.69, 9.17) is 19.4 Å². The van der Waals surface area contributed by atoms with Crippen LogP contribution in [0.3, 0.4) is 0 Å². The van der Waals surface area contributed by atoms with Crippen LogP contribution >= 0.6 is 0 Å². The number of aromatic nitrogens is 2. The van der Waals surface area contributed by atoms with Crippen molar-refractivity contribution < 1.29 is 27.1 Å². The molecule has 0 saturated carbocycles. The van der Waals surface area contributed by atoms with Crippen LogP contribution in [0.2, 0.25) is 0 Å². The maximum absolute atomic E-state index is 15.8. The molecule has 43 heavy (non-hydrogen) atoms. The minimum atomic E-state index is -3.69. The van der Waals surface area contributed by atoms with E-state index in [1.165, 1.54) is 13.2 Å². The number of rotatable bonds is 9. The number of halogens is 1. The lowest BCUT2D eigenvalue weighted by atomic mass is 10.0. The lowest BCUT2D eigenvalue weighted by molar-refractivity contribution is 0.122. The third-order valence-electron chi connectivity index (χ3n) is 6.95. The summed E-state index contributed by atoms with van der Waals surface area (Å²) < 4.78 is 54.2. The molecule has 3 N–H and O–H groups in total. The summed E-state index contributed by atoms with van der Waals surface area (Å²) in [6.07, 6.45) is 0.405. The Morgan fingerprint density at radius 2 is 1.81 bits per heavy atom. The van der Waals surface area contributed by atoms with Gasteiger partial charge in [0.25, 0.3) is 0 Å². The van der Waals surface area contributed by atoms with E-state index in [9.17, 15) is 13.2 Å². The third-order valence-corrected chi connectivity index (χ3v) is 8.43. The molecule has 226 valence electrons. The first-order valence-electron chi connectivity index (χ1n) is 13.8. The van der Waals surface area contributed by atoms with Crippen molar-refractivity contribution >= 4 is 44.1 Å². The van der Waals surface area contributed by atoms with Crippen molar-refractivity contribution in [3.05, 3.63) is 60.4 Å². The summed E-state index contributed by atoms with van der Waals surface area (Å²) in [7, 11) is -0.639. The normalized spacial score (nSPS) is 13.5. The predicted octanol–water partition coefficient (Wildman–Crippen LogP) is 4.85. The Hall–Kier alpha value is -4.49. The van der Waals surface area contributed by atoms with Crippen molar-refractivity contribution in [1.82, 2.24) is 15.3 Å². The van der Waals surface area contributed by atoms with Crippen molar-refractivity contribution in [2.75, 3.05) is 61.2 Å². The zero-order chi connectivity index (χ0) is 30.6. The van der Waals surface area contributed by atoms with Gasteiger partial charge < -0.3 is 25.0 Å². The highest BCUT2D eigenvalue weighted by atomic mass is 32.2. The smallest absolute Gasteiger partial charge is 0.318 e. The van der Waals surface area contributed by atoms with Crippen molar-refractivity contribution in [2.24, 2.45) is 0 Å². The Bertz CT molecular complexity index is 1740. The van der Waals surface area contributed by atoms with Gasteiger partial charge in [-0.1, -0.05) is 19.1 Å². The lowest BCUT2D eigenvalue weighted by Crippen LogP contribution is -2.37. The predicted molar refractivity (Wildman–Crippen MR) is 166 cm³/mol. The maximum Gasteiger partial charge on any atom is 0.318 e. The van der Waals surface area contributed by atoms with Gasteiger partial charge in [-0.15, -0.1) is 0 Å². The minimum Gasteiger partial charge on any atom is -0.494 e. The van der Waals surface area contributed by atoms with E-state index in [-0.39, 0.29) is 23.0 Å². The monoisotopic (exact) mass is 608 g/mol. The first kappa shape index (κ1) is 30.0. The van der Waals surface area contributed by atoms with Crippen LogP contribution in [0.5, 0.6) is 5.75 Å². The topological polar surface area (TPSA) is 135 Å². The van der Waals surface area contributed by atoms with Gasteiger partial charge >= 0.3 is 6.03 Å². The van der Waals surface area contributed by atoms with Gasteiger partial charge in [-0.25, -0.2) is 27.6 Å². The third kappa shape index (κ3) is 6.62. The molecule has 3 aromatic carbocycles. The number of nitrogens with one attached hydrogen (secondary N) is 3. The number of ether oxygens (including phenoxy) is 2. The van der Waals surface area contributed by atoms with E-state index in [1.54, 1.807) is 50.4 Å². The Balaban J connectivity index is 1.64. The molecule has 0 bridgehead atoms. The summed E-state index contributed by atoms with van der Waals surface area (Å²) in [5.41, 5.74) is 2.43. The Labute approximate surface area is 249 Å². The molecule has 1 fully saturated rings. The van der Waals surface area contributed by atoms with Crippen LogP contribution < -0.4 is 25.0 Å². The van der Waals surface area contributed by atoms with Crippen molar-refractivity contribution in [3.63, 3.8) is 0 Å². The fraction of sp³-hybridized carbons (Fsp3) is 0.300. The number of carbonyl (C=O) groups excluding carboxylic acids is 1. The molecule has 0 atom stereocenters. The van der Waals surface area contributed by atoms with Crippen LogP contribution in [0.15, 0.2) is 54.6 Å². The number of nitrogens with zero attached hydrogens (tertiary/aromatic N) is 3. The molecule has 0 radical (unpaired) electrons. The summed E-state index contributed by atoms with van der Waals surface area (Å²) in [5, 5.41) is 5.89. The second-order valence-electron chi connectivity index (χ2n) is 9.91. The van der Waals surface area contributed by atoms with E-state index in [2.05, 4.69) is 20.3 Å². The minimum absolute atomic E-state index is 0.115. The lowest BCUT2D eigenvalue weighted by Gasteiger charge is -2.29. The number of methoxy groups -OCH3 is 1. The molecule has 1 aliphatic heterocycles. The number of urea groups is 1. The van der Waals surface area contributed by atoms with Gasteiger partial charge in [0.05, 0.1) is 31.8 Å². The molecule has 13 heteroatoms. The van der Waals surface area contributed by atoms with Crippen LogP contribution in [-0.2, 0) is 14.8 Å². The summed E-state index contributed by atoms with van der Waals surface area (Å²) in [5.74, 6) is 0.678. The van der Waals surface area contributed by atoms with Gasteiger partial charge in [0.1, 0.15) is 17.1 Å².